The number of carbonyl (C=O) groups excluding carboxylic acids is 1. The smallest absolute Gasteiger partial charge is 0.176 e. The summed E-state index contributed by atoms with van der Waals surface area (Å²) >= 11 is 0. The summed E-state index contributed by atoms with van der Waals surface area (Å²) in [5.41, 5.74) is 0.688. The molecule has 0 aromatic heterocycles. The Kier molecular flexibility index (Phi) is 4.59. The molecule has 0 saturated heterocycles. The number of carbonyl (C=O) groups is 1. The maximum absolute atomic E-state index is 12.2. The average Bonchev–Trinajstić information content (AvgIpc) is 3.19. The quantitative estimate of drug-likeness (QED) is 0.767. The van der Waals surface area contributed by atoms with E-state index in [9.17, 15) is 9.90 Å². The standard InChI is InChI=1S/C16H23NO2/c1-12(2)9-10-17(14-5-6-14)11-16(19)13-3-7-15(18)8-4-13/h3-4,7-8,12,14,18H,5-6,9-11H2,1-2H3. The fourth-order valence-electron chi connectivity index (χ4n) is 2.18. The molecule has 2 rings (SSSR count). The van der Waals surface area contributed by atoms with Gasteiger partial charge < -0.3 is 5.11 Å². The minimum atomic E-state index is 0.149. The minimum Gasteiger partial charge on any atom is -0.508 e. The van der Waals surface area contributed by atoms with Crippen LogP contribution in [-0.2, 0) is 0 Å². The molecule has 1 aromatic rings. The zero-order chi connectivity index (χ0) is 13.8. The van der Waals surface area contributed by atoms with E-state index in [1.165, 1.54) is 12.8 Å². The molecule has 0 heterocycles. The summed E-state index contributed by atoms with van der Waals surface area (Å²) in [6, 6.07) is 7.15. The van der Waals surface area contributed by atoms with Crippen LogP contribution < -0.4 is 0 Å². The molecule has 0 radical (unpaired) electrons. The van der Waals surface area contributed by atoms with E-state index in [2.05, 4.69) is 18.7 Å². The SMILES string of the molecule is CC(C)CCN(CC(=O)c1ccc(O)cc1)C1CC1. The van der Waals surface area contributed by atoms with Gasteiger partial charge in [-0.2, -0.15) is 0 Å². The normalized spacial score (nSPS) is 15.2. The van der Waals surface area contributed by atoms with Crippen molar-refractivity contribution in [3.8, 4) is 5.75 Å². The fourth-order valence-corrected chi connectivity index (χ4v) is 2.18. The van der Waals surface area contributed by atoms with E-state index in [1.54, 1.807) is 24.3 Å². The van der Waals surface area contributed by atoms with Crippen LogP contribution in [0.3, 0.4) is 0 Å². The zero-order valence-corrected chi connectivity index (χ0v) is 11.8. The molecule has 19 heavy (non-hydrogen) atoms. The van der Waals surface area contributed by atoms with Crippen molar-refractivity contribution in [3.63, 3.8) is 0 Å². The first-order chi connectivity index (χ1) is 9.06. The van der Waals surface area contributed by atoms with Crippen molar-refractivity contribution >= 4 is 5.78 Å². The van der Waals surface area contributed by atoms with E-state index in [1.807, 2.05) is 0 Å². The summed E-state index contributed by atoms with van der Waals surface area (Å²) in [6.07, 6.45) is 3.58. The number of rotatable bonds is 7. The van der Waals surface area contributed by atoms with Gasteiger partial charge in [0.2, 0.25) is 0 Å². The number of hydrogen-bond donors (Lipinski definition) is 1. The lowest BCUT2D eigenvalue weighted by Gasteiger charge is -2.22. The Morgan fingerprint density at radius 3 is 2.47 bits per heavy atom. The topological polar surface area (TPSA) is 40.5 Å². The summed E-state index contributed by atoms with van der Waals surface area (Å²) in [5.74, 6) is 1.02. The summed E-state index contributed by atoms with van der Waals surface area (Å²) in [6.45, 7) is 5.94. The van der Waals surface area contributed by atoms with Gasteiger partial charge in [-0.3, -0.25) is 9.69 Å². The van der Waals surface area contributed by atoms with Gasteiger partial charge in [0.1, 0.15) is 5.75 Å². The number of benzene rings is 1. The first-order valence-corrected chi connectivity index (χ1v) is 7.12. The Bertz CT molecular complexity index is 421. The van der Waals surface area contributed by atoms with E-state index in [0.29, 0.717) is 24.1 Å². The average molecular weight is 261 g/mol. The van der Waals surface area contributed by atoms with Crippen molar-refractivity contribution in [2.24, 2.45) is 5.92 Å². The predicted molar refractivity (Wildman–Crippen MR) is 76.5 cm³/mol. The Hall–Kier alpha value is -1.35. The maximum atomic E-state index is 12.2. The second kappa shape index (κ2) is 6.20. The third-order valence-electron chi connectivity index (χ3n) is 3.59. The van der Waals surface area contributed by atoms with E-state index in [4.69, 9.17) is 0 Å². The molecule has 3 nitrogen and oxygen atoms in total. The molecule has 0 bridgehead atoms. The highest BCUT2D eigenvalue weighted by atomic mass is 16.3. The van der Waals surface area contributed by atoms with Crippen molar-refractivity contribution < 1.29 is 9.90 Å². The molecule has 1 aromatic carbocycles. The molecule has 0 aliphatic heterocycles. The van der Waals surface area contributed by atoms with Crippen molar-refractivity contribution in [2.45, 2.75) is 39.2 Å². The number of ketones is 1. The molecule has 1 fully saturated rings. The lowest BCUT2D eigenvalue weighted by atomic mass is 10.1. The molecule has 0 spiro atoms. The highest BCUT2D eigenvalue weighted by molar-refractivity contribution is 5.97. The number of phenols is 1. The monoisotopic (exact) mass is 261 g/mol. The van der Waals surface area contributed by atoms with Gasteiger partial charge in [-0.1, -0.05) is 13.8 Å². The predicted octanol–water partition coefficient (Wildman–Crippen LogP) is 3.09. The summed E-state index contributed by atoms with van der Waals surface area (Å²) < 4.78 is 0. The molecule has 0 amide bonds. The molecular weight excluding hydrogens is 238 g/mol. The van der Waals surface area contributed by atoms with Crippen molar-refractivity contribution in [3.05, 3.63) is 29.8 Å². The van der Waals surface area contributed by atoms with Gasteiger partial charge in [-0.25, -0.2) is 0 Å². The van der Waals surface area contributed by atoms with Crippen LogP contribution in [-0.4, -0.2) is 34.9 Å². The third kappa shape index (κ3) is 4.35. The van der Waals surface area contributed by atoms with E-state index >= 15 is 0 Å². The van der Waals surface area contributed by atoms with Crippen LogP contribution in [0, 0.1) is 5.92 Å². The Morgan fingerprint density at radius 1 is 1.32 bits per heavy atom. The number of nitrogens with zero attached hydrogens (tertiary/aromatic N) is 1. The summed E-state index contributed by atoms with van der Waals surface area (Å²) in [4.78, 5) is 14.5. The van der Waals surface area contributed by atoms with Crippen LogP contribution in [0.15, 0.2) is 24.3 Å². The van der Waals surface area contributed by atoms with Crippen molar-refractivity contribution in [2.75, 3.05) is 13.1 Å². The molecule has 3 heteroatoms. The van der Waals surface area contributed by atoms with Gasteiger partial charge in [0.05, 0.1) is 6.54 Å². The lowest BCUT2D eigenvalue weighted by Crippen LogP contribution is -2.33. The van der Waals surface area contributed by atoms with E-state index < -0.39 is 0 Å². The Balaban J connectivity index is 1.92. The fraction of sp³-hybridized carbons (Fsp3) is 0.562. The number of aromatic hydroxyl groups is 1. The summed E-state index contributed by atoms with van der Waals surface area (Å²) in [7, 11) is 0. The molecular formula is C16H23NO2. The zero-order valence-electron chi connectivity index (χ0n) is 11.8. The third-order valence-corrected chi connectivity index (χ3v) is 3.59. The highest BCUT2D eigenvalue weighted by Gasteiger charge is 2.30. The largest absolute Gasteiger partial charge is 0.508 e. The molecule has 0 unspecified atom stereocenters. The number of Topliss-reactive ketones (excluding diaryl/α,β-unsaturated/α-hetero) is 1. The first-order valence-electron chi connectivity index (χ1n) is 7.12. The van der Waals surface area contributed by atoms with Crippen molar-refractivity contribution in [1.29, 1.82) is 0 Å². The van der Waals surface area contributed by atoms with Gasteiger partial charge >= 0.3 is 0 Å². The van der Waals surface area contributed by atoms with Crippen LogP contribution in [0.4, 0.5) is 0 Å². The lowest BCUT2D eigenvalue weighted by molar-refractivity contribution is 0.0920. The molecule has 104 valence electrons. The van der Waals surface area contributed by atoms with Gasteiger partial charge in [0.15, 0.2) is 5.78 Å². The molecule has 0 atom stereocenters. The van der Waals surface area contributed by atoms with Crippen molar-refractivity contribution in [1.82, 2.24) is 4.90 Å². The van der Waals surface area contributed by atoms with Crippen LogP contribution in [0.1, 0.15) is 43.5 Å². The molecule has 1 N–H and O–H groups in total. The van der Waals surface area contributed by atoms with E-state index in [-0.39, 0.29) is 11.5 Å². The van der Waals surface area contributed by atoms with E-state index in [0.717, 1.165) is 13.0 Å². The minimum absolute atomic E-state index is 0.149. The van der Waals surface area contributed by atoms with Gasteiger partial charge in [0.25, 0.3) is 0 Å². The van der Waals surface area contributed by atoms with Gasteiger partial charge in [-0.15, -0.1) is 0 Å². The maximum Gasteiger partial charge on any atom is 0.176 e. The number of phenolic OH excluding ortho intramolecular Hbond substituents is 1. The van der Waals surface area contributed by atoms with Crippen LogP contribution >= 0.6 is 0 Å². The second-order valence-electron chi connectivity index (χ2n) is 5.85. The first kappa shape index (κ1) is 14.1. The van der Waals surface area contributed by atoms with Crippen LogP contribution in [0.5, 0.6) is 5.75 Å². The Labute approximate surface area is 115 Å². The molecule has 1 aliphatic rings. The summed E-state index contributed by atoms with van der Waals surface area (Å²) in [5, 5.41) is 9.24. The molecule has 1 saturated carbocycles. The van der Waals surface area contributed by atoms with Gasteiger partial charge in [-0.05, 0) is 56.0 Å². The highest BCUT2D eigenvalue weighted by Crippen LogP contribution is 2.27. The second-order valence-corrected chi connectivity index (χ2v) is 5.85. The van der Waals surface area contributed by atoms with Gasteiger partial charge in [0, 0.05) is 11.6 Å². The van der Waals surface area contributed by atoms with Crippen LogP contribution in [0.25, 0.3) is 0 Å². The number of hydrogen-bond acceptors (Lipinski definition) is 3. The molecule has 1 aliphatic carbocycles. The Morgan fingerprint density at radius 2 is 1.95 bits per heavy atom. The van der Waals surface area contributed by atoms with Crippen LogP contribution in [0.2, 0.25) is 0 Å².